The van der Waals surface area contributed by atoms with Crippen LogP contribution in [0.2, 0.25) is 0 Å². The predicted molar refractivity (Wildman–Crippen MR) is 105 cm³/mol. The number of hydrogen-bond acceptors (Lipinski definition) is 3. The van der Waals surface area contributed by atoms with Crippen LogP contribution in [0.25, 0.3) is 0 Å². The van der Waals surface area contributed by atoms with Gasteiger partial charge in [0.05, 0.1) is 12.6 Å². The van der Waals surface area contributed by atoms with Gasteiger partial charge in [0.2, 0.25) is 0 Å². The molecule has 0 spiro atoms. The minimum atomic E-state index is 0.0930. The summed E-state index contributed by atoms with van der Waals surface area (Å²) in [5, 5.41) is 0. The molecule has 126 valence electrons. The molecule has 2 N–H and O–H groups in total. The number of nitrogens with zero attached hydrogens (tertiary/aromatic N) is 2. The third-order valence-corrected chi connectivity index (χ3v) is 4.88. The number of para-hydroxylation sites is 1. The quantitative estimate of drug-likeness (QED) is 0.669. The van der Waals surface area contributed by atoms with Crippen molar-refractivity contribution in [1.82, 2.24) is 4.90 Å². The summed E-state index contributed by atoms with van der Waals surface area (Å²) in [6.45, 7) is 1.76. The van der Waals surface area contributed by atoms with Crippen molar-refractivity contribution in [3.8, 4) is 0 Å². The first kappa shape index (κ1) is 15.7. The zero-order valence-electron chi connectivity index (χ0n) is 14.3. The van der Waals surface area contributed by atoms with Crippen LogP contribution in [0, 0.1) is 0 Å². The summed E-state index contributed by atoms with van der Waals surface area (Å²) in [5.41, 5.74) is 10.9. The molecular formula is C22H23N3. The fraction of sp³-hybridized carbons (Fsp3) is 0.227. The van der Waals surface area contributed by atoms with Crippen LogP contribution in [0.1, 0.15) is 30.0 Å². The number of amidine groups is 1. The Balaban J connectivity index is 1.77. The van der Waals surface area contributed by atoms with Crippen molar-refractivity contribution >= 4 is 11.5 Å². The second-order valence-corrected chi connectivity index (χ2v) is 6.48. The number of allylic oxidation sites excluding steroid dienone is 3. The summed E-state index contributed by atoms with van der Waals surface area (Å²) in [6.07, 6.45) is 8.70. The smallest absolute Gasteiger partial charge is 0.127 e. The van der Waals surface area contributed by atoms with Crippen molar-refractivity contribution in [2.45, 2.75) is 18.9 Å². The minimum Gasteiger partial charge on any atom is -0.398 e. The molecule has 1 heterocycles. The summed E-state index contributed by atoms with van der Waals surface area (Å²) in [4.78, 5) is 7.26. The molecule has 0 fully saturated rings. The Bertz CT molecular complexity index is 833. The summed E-state index contributed by atoms with van der Waals surface area (Å²) in [7, 11) is 0. The highest BCUT2D eigenvalue weighted by Gasteiger charge is 2.30. The van der Waals surface area contributed by atoms with E-state index in [-0.39, 0.29) is 6.04 Å². The van der Waals surface area contributed by atoms with Gasteiger partial charge >= 0.3 is 0 Å². The Morgan fingerprint density at radius 2 is 1.76 bits per heavy atom. The van der Waals surface area contributed by atoms with E-state index in [0.29, 0.717) is 0 Å². The molecule has 4 rings (SSSR count). The summed E-state index contributed by atoms with van der Waals surface area (Å²) < 4.78 is 0. The molecule has 25 heavy (non-hydrogen) atoms. The van der Waals surface area contributed by atoms with E-state index in [2.05, 4.69) is 65.6 Å². The topological polar surface area (TPSA) is 41.6 Å². The molecule has 1 aliphatic heterocycles. The van der Waals surface area contributed by atoms with Gasteiger partial charge in [-0.1, -0.05) is 66.8 Å². The van der Waals surface area contributed by atoms with E-state index in [1.165, 1.54) is 11.1 Å². The van der Waals surface area contributed by atoms with Gasteiger partial charge in [0.25, 0.3) is 0 Å². The molecule has 0 saturated heterocycles. The molecule has 1 atom stereocenters. The molecule has 0 bridgehead atoms. The van der Waals surface area contributed by atoms with E-state index in [1.807, 2.05) is 12.1 Å². The van der Waals surface area contributed by atoms with Gasteiger partial charge in [-0.25, -0.2) is 0 Å². The Hall–Kier alpha value is -2.81. The zero-order chi connectivity index (χ0) is 17.1. The van der Waals surface area contributed by atoms with Crippen LogP contribution in [-0.4, -0.2) is 23.8 Å². The zero-order valence-corrected chi connectivity index (χ0v) is 14.3. The van der Waals surface area contributed by atoms with Crippen LogP contribution in [0.3, 0.4) is 0 Å². The largest absolute Gasteiger partial charge is 0.398 e. The Labute approximate surface area is 149 Å². The van der Waals surface area contributed by atoms with Crippen molar-refractivity contribution < 1.29 is 0 Å². The maximum Gasteiger partial charge on any atom is 0.127 e. The first-order chi connectivity index (χ1) is 12.3. The monoisotopic (exact) mass is 329 g/mol. The van der Waals surface area contributed by atoms with E-state index in [1.54, 1.807) is 0 Å². The standard InChI is InChI=1S/C22H23N3/c23-20-14-8-7-13-19(20)21(17-9-3-1-4-10-17)25-16-15-24-22(25)18-11-5-2-6-12-18/h1-5,7-10,12-14,21H,6,11,15-16,23H2. The Morgan fingerprint density at radius 1 is 0.960 bits per heavy atom. The molecule has 2 aromatic carbocycles. The van der Waals surface area contributed by atoms with Crippen LogP contribution in [-0.2, 0) is 0 Å². The van der Waals surface area contributed by atoms with E-state index in [9.17, 15) is 0 Å². The highest BCUT2D eigenvalue weighted by atomic mass is 15.3. The summed E-state index contributed by atoms with van der Waals surface area (Å²) in [5.74, 6) is 1.13. The van der Waals surface area contributed by atoms with Gasteiger partial charge < -0.3 is 10.6 Å². The number of benzene rings is 2. The van der Waals surface area contributed by atoms with Crippen LogP contribution in [0.15, 0.2) is 83.4 Å². The lowest BCUT2D eigenvalue weighted by Gasteiger charge is -2.33. The number of nitrogen functional groups attached to an aromatic ring is 1. The number of anilines is 1. The normalized spacial score (nSPS) is 18.0. The first-order valence-electron chi connectivity index (χ1n) is 8.89. The number of hydrogen-bond donors (Lipinski definition) is 1. The van der Waals surface area contributed by atoms with Gasteiger partial charge in [0.15, 0.2) is 0 Å². The molecule has 3 nitrogen and oxygen atoms in total. The van der Waals surface area contributed by atoms with E-state index < -0.39 is 0 Å². The molecular weight excluding hydrogens is 306 g/mol. The molecule has 2 aromatic rings. The van der Waals surface area contributed by atoms with Crippen LogP contribution in [0.4, 0.5) is 5.69 Å². The molecule has 1 unspecified atom stereocenters. The Kier molecular flexibility index (Phi) is 4.38. The summed E-state index contributed by atoms with van der Waals surface area (Å²) >= 11 is 0. The van der Waals surface area contributed by atoms with Gasteiger partial charge in [-0.15, -0.1) is 0 Å². The van der Waals surface area contributed by atoms with Crippen LogP contribution in [0.5, 0.6) is 0 Å². The van der Waals surface area contributed by atoms with Crippen molar-refractivity contribution in [1.29, 1.82) is 0 Å². The van der Waals surface area contributed by atoms with Gasteiger partial charge in [-0.05, 0) is 30.0 Å². The fourth-order valence-electron chi connectivity index (χ4n) is 3.70. The third-order valence-electron chi connectivity index (χ3n) is 4.88. The first-order valence-corrected chi connectivity index (χ1v) is 8.89. The molecule has 0 radical (unpaired) electrons. The number of nitrogens with two attached hydrogens (primary N) is 1. The summed E-state index contributed by atoms with van der Waals surface area (Å²) in [6, 6.07) is 18.9. The van der Waals surface area contributed by atoms with Gasteiger partial charge in [-0.3, -0.25) is 4.99 Å². The van der Waals surface area contributed by atoms with Gasteiger partial charge in [-0.2, -0.15) is 0 Å². The maximum atomic E-state index is 6.36. The second-order valence-electron chi connectivity index (χ2n) is 6.48. The SMILES string of the molecule is Nc1ccccc1C(c1ccccc1)N1CCN=C1C1=CCC=CC1. The highest BCUT2D eigenvalue weighted by Crippen LogP contribution is 2.35. The number of rotatable bonds is 4. The third kappa shape index (κ3) is 3.10. The van der Waals surface area contributed by atoms with Gasteiger partial charge in [0.1, 0.15) is 5.84 Å². The lowest BCUT2D eigenvalue weighted by atomic mass is 9.94. The van der Waals surface area contributed by atoms with Gasteiger partial charge in [0, 0.05) is 17.8 Å². The van der Waals surface area contributed by atoms with E-state index >= 15 is 0 Å². The maximum absolute atomic E-state index is 6.36. The second kappa shape index (κ2) is 6.98. The molecule has 2 aliphatic rings. The van der Waals surface area contributed by atoms with Crippen molar-refractivity contribution in [3.05, 3.63) is 89.5 Å². The molecule has 0 saturated carbocycles. The molecule has 1 aliphatic carbocycles. The highest BCUT2D eigenvalue weighted by molar-refractivity contribution is 6.00. The number of aliphatic imine (C=N–C) groups is 1. The van der Waals surface area contributed by atoms with Crippen molar-refractivity contribution in [2.75, 3.05) is 18.8 Å². The molecule has 0 aromatic heterocycles. The lowest BCUT2D eigenvalue weighted by Crippen LogP contribution is -2.34. The fourth-order valence-corrected chi connectivity index (χ4v) is 3.70. The van der Waals surface area contributed by atoms with Crippen LogP contribution < -0.4 is 5.73 Å². The molecule has 0 amide bonds. The Morgan fingerprint density at radius 3 is 2.52 bits per heavy atom. The average Bonchev–Trinajstić information content (AvgIpc) is 3.14. The van der Waals surface area contributed by atoms with Crippen molar-refractivity contribution in [2.24, 2.45) is 4.99 Å². The minimum absolute atomic E-state index is 0.0930. The average molecular weight is 329 g/mol. The molecule has 3 heteroatoms. The lowest BCUT2D eigenvalue weighted by molar-refractivity contribution is 0.389. The predicted octanol–water partition coefficient (Wildman–Crippen LogP) is 4.35. The van der Waals surface area contributed by atoms with Crippen molar-refractivity contribution in [3.63, 3.8) is 0 Å². The van der Waals surface area contributed by atoms with Crippen LogP contribution >= 0.6 is 0 Å². The van der Waals surface area contributed by atoms with E-state index in [4.69, 9.17) is 10.7 Å². The van der Waals surface area contributed by atoms with E-state index in [0.717, 1.165) is 43.0 Å².